The highest BCUT2D eigenvalue weighted by molar-refractivity contribution is 9.10. The molecule has 0 amide bonds. The van der Waals surface area contributed by atoms with Crippen molar-refractivity contribution >= 4 is 39.3 Å². The average molecular weight is 531 g/mol. The van der Waals surface area contributed by atoms with E-state index in [1.165, 1.54) is 0 Å². The van der Waals surface area contributed by atoms with Gasteiger partial charge < -0.3 is 10.1 Å². The topological polar surface area (TPSA) is 64.9 Å². The Hall–Kier alpha value is -2.39. The predicted octanol–water partition coefficient (Wildman–Crippen LogP) is 5.54. The monoisotopic (exact) mass is 529 g/mol. The summed E-state index contributed by atoms with van der Waals surface area (Å²) in [6, 6.07) is 23.6. The molecule has 1 aromatic heterocycles. The summed E-state index contributed by atoms with van der Waals surface area (Å²) in [5.74, 6) is 1.69. The fraction of sp³-hybridized carbons (Fsp3) is 0.174. The standard InChI is InChI=1S/C23H21BrClN5OS/c24-19-8-11-22(31-16-17-6-9-20(25)10-7-17)18(14-19)15-26-12-13-32-23-27-28-29-30(23)21-4-2-1-3-5-21/h1-11,14,26H,12-13,15-16H2. The lowest BCUT2D eigenvalue weighted by atomic mass is 10.2. The number of hydrogen-bond acceptors (Lipinski definition) is 6. The summed E-state index contributed by atoms with van der Waals surface area (Å²) in [5, 5.41) is 17.0. The SMILES string of the molecule is Clc1ccc(COc2ccc(Br)cc2CNCCSc2nnnn2-c2ccccc2)cc1. The number of ether oxygens (including phenoxy) is 1. The summed E-state index contributed by atoms with van der Waals surface area (Å²) < 4.78 is 8.83. The third-order valence-corrected chi connectivity index (χ3v) is 6.26. The second-order valence-electron chi connectivity index (χ2n) is 6.90. The van der Waals surface area contributed by atoms with Crippen LogP contribution in [0.25, 0.3) is 5.69 Å². The first kappa shape index (κ1) is 22.8. The highest BCUT2D eigenvalue weighted by atomic mass is 79.9. The van der Waals surface area contributed by atoms with Gasteiger partial charge in [0.05, 0.1) is 5.69 Å². The van der Waals surface area contributed by atoms with Gasteiger partial charge in [0.2, 0.25) is 5.16 Å². The van der Waals surface area contributed by atoms with Crippen LogP contribution in [-0.4, -0.2) is 32.5 Å². The van der Waals surface area contributed by atoms with Gasteiger partial charge in [-0.25, -0.2) is 0 Å². The minimum absolute atomic E-state index is 0.490. The van der Waals surface area contributed by atoms with Crippen LogP contribution in [0, 0.1) is 0 Å². The number of benzene rings is 3. The van der Waals surface area contributed by atoms with Crippen molar-refractivity contribution in [1.29, 1.82) is 0 Å². The Bertz CT molecular complexity index is 1140. The van der Waals surface area contributed by atoms with Crippen LogP contribution in [0.2, 0.25) is 5.02 Å². The molecule has 0 saturated heterocycles. The average Bonchev–Trinajstić information content (AvgIpc) is 3.28. The molecule has 32 heavy (non-hydrogen) atoms. The Morgan fingerprint density at radius 1 is 1.03 bits per heavy atom. The van der Waals surface area contributed by atoms with Gasteiger partial charge in [0, 0.05) is 33.9 Å². The number of nitrogens with one attached hydrogen (secondary N) is 1. The molecule has 0 aliphatic rings. The Balaban J connectivity index is 1.28. The van der Waals surface area contributed by atoms with Crippen LogP contribution in [0.4, 0.5) is 0 Å². The summed E-state index contributed by atoms with van der Waals surface area (Å²) in [4.78, 5) is 0. The van der Waals surface area contributed by atoms with E-state index >= 15 is 0 Å². The van der Waals surface area contributed by atoms with E-state index in [0.29, 0.717) is 13.2 Å². The first-order chi connectivity index (χ1) is 15.7. The zero-order chi connectivity index (χ0) is 22.2. The maximum Gasteiger partial charge on any atom is 0.214 e. The van der Waals surface area contributed by atoms with Crippen molar-refractivity contribution in [2.75, 3.05) is 12.3 Å². The molecule has 3 aromatic carbocycles. The molecular formula is C23H21BrClN5OS. The molecule has 164 valence electrons. The molecule has 0 aliphatic heterocycles. The van der Waals surface area contributed by atoms with E-state index in [2.05, 4.69) is 42.8 Å². The molecule has 0 fully saturated rings. The summed E-state index contributed by atoms with van der Waals surface area (Å²) in [6.07, 6.45) is 0. The lowest BCUT2D eigenvalue weighted by molar-refractivity contribution is 0.302. The number of aromatic nitrogens is 4. The smallest absolute Gasteiger partial charge is 0.214 e. The second kappa shape index (κ2) is 11.5. The number of rotatable bonds is 10. The van der Waals surface area contributed by atoms with Gasteiger partial charge in [0.1, 0.15) is 12.4 Å². The van der Waals surface area contributed by atoms with Gasteiger partial charge in [0.25, 0.3) is 0 Å². The van der Waals surface area contributed by atoms with E-state index in [4.69, 9.17) is 16.3 Å². The summed E-state index contributed by atoms with van der Waals surface area (Å²) in [6.45, 7) is 1.98. The summed E-state index contributed by atoms with van der Waals surface area (Å²) >= 11 is 11.1. The maximum absolute atomic E-state index is 6.06. The van der Waals surface area contributed by atoms with Gasteiger partial charge in [0.15, 0.2) is 0 Å². The third-order valence-electron chi connectivity index (χ3n) is 4.60. The predicted molar refractivity (Wildman–Crippen MR) is 132 cm³/mol. The van der Waals surface area contributed by atoms with E-state index in [9.17, 15) is 0 Å². The summed E-state index contributed by atoms with van der Waals surface area (Å²) in [5.41, 5.74) is 3.11. The number of hydrogen-bond donors (Lipinski definition) is 1. The van der Waals surface area contributed by atoms with E-state index in [1.54, 1.807) is 16.4 Å². The quantitative estimate of drug-likeness (QED) is 0.215. The van der Waals surface area contributed by atoms with Gasteiger partial charge in [-0.3, -0.25) is 0 Å². The molecule has 0 bridgehead atoms. The first-order valence-corrected chi connectivity index (χ1v) is 12.2. The number of thioether (sulfide) groups is 1. The molecule has 0 atom stereocenters. The second-order valence-corrected chi connectivity index (χ2v) is 9.32. The van der Waals surface area contributed by atoms with Crippen molar-refractivity contribution in [3.05, 3.63) is 93.4 Å². The molecular weight excluding hydrogens is 510 g/mol. The lowest BCUT2D eigenvalue weighted by Crippen LogP contribution is -2.17. The van der Waals surface area contributed by atoms with Crippen molar-refractivity contribution in [3.63, 3.8) is 0 Å². The highest BCUT2D eigenvalue weighted by Crippen LogP contribution is 2.25. The Morgan fingerprint density at radius 2 is 1.84 bits per heavy atom. The molecule has 1 N–H and O–H groups in total. The number of para-hydroxylation sites is 1. The van der Waals surface area contributed by atoms with Crippen molar-refractivity contribution in [2.45, 2.75) is 18.3 Å². The largest absolute Gasteiger partial charge is 0.489 e. The van der Waals surface area contributed by atoms with Crippen molar-refractivity contribution < 1.29 is 4.74 Å². The fourth-order valence-corrected chi connectivity index (χ4v) is 4.33. The van der Waals surface area contributed by atoms with E-state index < -0.39 is 0 Å². The molecule has 0 unspecified atom stereocenters. The number of tetrazole rings is 1. The van der Waals surface area contributed by atoms with Crippen LogP contribution < -0.4 is 10.1 Å². The van der Waals surface area contributed by atoms with E-state index in [1.807, 2.05) is 66.7 Å². The van der Waals surface area contributed by atoms with Crippen LogP contribution in [-0.2, 0) is 13.2 Å². The maximum atomic E-state index is 6.06. The van der Waals surface area contributed by atoms with Gasteiger partial charge in [-0.05, 0) is 58.5 Å². The molecule has 4 rings (SSSR count). The van der Waals surface area contributed by atoms with Crippen LogP contribution in [0.5, 0.6) is 5.75 Å². The minimum Gasteiger partial charge on any atom is -0.489 e. The molecule has 6 nitrogen and oxygen atoms in total. The normalized spacial score (nSPS) is 10.9. The van der Waals surface area contributed by atoms with Gasteiger partial charge in [-0.2, -0.15) is 4.68 Å². The zero-order valence-electron chi connectivity index (χ0n) is 17.1. The molecule has 1 heterocycles. The zero-order valence-corrected chi connectivity index (χ0v) is 20.3. The minimum atomic E-state index is 0.490. The molecule has 0 radical (unpaired) electrons. The molecule has 0 spiro atoms. The van der Waals surface area contributed by atoms with Crippen LogP contribution in [0.3, 0.4) is 0 Å². The molecule has 9 heteroatoms. The van der Waals surface area contributed by atoms with Crippen LogP contribution in [0.1, 0.15) is 11.1 Å². The first-order valence-electron chi connectivity index (χ1n) is 10.0. The van der Waals surface area contributed by atoms with Crippen molar-refractivity contribution in [3.8, 4) is 11.4 Å². The molecule has 0 aliphatic carbocycles. The van der Waals surface area contributed by atoms with Crippen LogP contribution >= 0.6 is 39.3 Å². The number of halogens is 2. The van der Waals surface area contributed by atoms with E-state index in [0.717, 1.165) is 49.5 Å². The van der Waals surface area contributed by atoms with Gasteiger partial charge in [-0.1, -0.05) is 69.6 Å². The summed E-state index contributed by atoms with van der Waals surface area (Å²) in [7, 11) is 0. The molecule has 0 saturated carbocycles. The number of nitrogens with zero attached hydrogens (tertiary/aromatic N) is 4. The lowest BCUT2D eigenvalue weighted by Gasteiger charge is -2.13. The van der Waals surface area contributed by atoms with Crippen LogP contribution in [0.15, 0.2) is 82.4 Å². The van der Waals surface area contributed by atoms with Crippen molar-refractivity contribution in [2.24, 2.45) is 0 Å². The van der Waals surface area contributed by atoms with E-state index in [-0.39, 0.29) is 0 Å². The Morgan fingerprint density at radius 3 is 2.66 bits per heavy atom. The Kier molecular flexibility index (Phi) is 8.17. The fourth-order valence-electron chi connectivity index (χ4n) is 3.01. The van der Waals surface area contributed by atoms with Gasteiger partial charge >= 0.3 is 0 Å². The van der Waals surface area contributed by atoms with Gasteiger partial charge in [-0.15, -0.1) is 5.10 Å². The third kappa shape index (κ3) is 6.32. The highest BCUT2D eigenvalue weighted by Gasteiger charge is 2.09. The van der Waals surface area contributed by atoms with Crippen molar-refractivity contribution in [1.82, 2.24) is 25.5 Å². The Labute approximate surface area is 204 Å². The molecule has 4 aromatic rings.